The summed E-state index contributed by atoms with van der Waals surface area (Å²) in [6.45, 7) is 0. The van der Waals surface area contributed by atoms with Crippen molar-refractivity contribution in [1.29, 1.82) is 0 Å². The molecule has 0 fully saturated rings. The summed E-state index contributed by atoms with van der Waals surface area (Å²) in [4.78, 5) is 25.6. The maximum atomic E-state index is 12.8. The Hall–Kier alpha value is -3.02. The molecule has 1 N–H and O–H groups in total. The van der Waals surface area contributed by atoms with Crippen LogP contribution in [0.1, 0.15) is 31.8 Å². The second kappa shape index (κ2) is 5.31. The van der Waals surface area contributed by atoms with Crippen LogP contribution in [0.3, 0.4) is 0 Å². The van der Waals surface area contributed by atoms with Gasteiger partial charge >= 0.3 is 0 Å². The van der Waals surface area contributed by atoms with Gasteiger partial charge in [0, 0.05) is 23.3 Å². The molecule has 1 aliphatic rings. The number of carbonyl (C=O) groups is 2. The molecular weight excluding hydrogens is 300 g/mol. The first-order chi connectivity index (χ1) is 11.0. The monoisotopic (exact) mass is 314 g/mol. The Morgan fingerprint density at radius 3 is 1.87 bits per heavy atom. The van der Waals surface area contributed by atoms with E-state index in [-0.39, 0.29) is 33.8 Å². The first-order valence-corrected chi connectivity index (χ1v) is 6.78. The topological polar surface area (TPSA) is 82.1 Å². The lowest BCUT2D eigenvalue weighted by molar-refractivity contribution is 0.0973. The Bertz CT molecular complexity index is 837. The summed E-state index contributed by atoms with van der Waals surface area (Å²) in [7, 11) is 4.27. The third-order valence-corrected chi connectivity index (χ3v) is 3.80. The molecule has 0 saturated carbocycles. The Labute approximate surface area is 132 Å². The van der Waals surface area contributed by atoms with Crippen molar-refractivity contribution < 1.29 is 28.9 Å². The number of benzene rings is 2. The van der Waals surface area contributed by atoms with Crippen LogP contribution in [-0.4, -0.2) is 38.0 Å². The predicted octanol–water partition coefficient (Wildman–Crippen LogP) is 2.19. The lowest BCUT2D eigenvalue weighted by atomic mass is 9.82. The minimum atomic E-state index is -0.478. The third-order valence-electron chi connectivity index (χ3n) is 3.80. The fourth-order valence-corrected chi connectivity index (χ4v) is 2.69. The third kappa shape index (κ3) is 2.11. The van der Waals surface area contributed by atoms with Crippen molar-refractivity contribution in [3.63, 3.8) is 0 Å². The van der Waals surface area contributed by atoms with E-state index in [1.54, 1.807) is 0 Å². The van der Waals surface area contributed by atoms with Gasteiger partial charge in [0.25, 0.3) is 0 Å². The van der Waals surface area contributed by atoms with Crippen molar-refractivity contribution in [2.24, 2.45) is 0 Å². The van der Waals surface area contributed by atoms with Gasteiger partial charge in [-0.1, -0.05) is 0 Å². The van der Waals surface area contributed by atoms with Crippen LogP contribution in [0.4, 0.5) is 0 Å². The van der Waals surface area contributed by atoms with Crippen molar-refractivity contribution in [2.75, 3.05) is 21.3 Å². The molecule has 6 heteroatoms. The predicted molar refractivity (Wildman–Crippen MR) is 81.1 cm³/mol. The Morgan fingerprint density at radius 2 is 1.30 bits per heavy atom. The Kier molecular flexibility index (Phi) is 3.44. The summed E-state index contributed by atoms with van der Waals surface area (Å²) in [5, 5.41) is 10.1. The van der Waals surface area contributed by atoms with E-state index in [0.717, 1.165) is 0 Å². The molecule has 0 aliphatic heterocycles. The van der Waals surface area contributed by atoms with Gasteiger partial charge < -0.3 is 19.3 Å². The normalized spacial score (nSPS) is 12.5. The molecule has 6 nitrogen and oxygen atoms in total. The van der Waals surface area contributed by atoms with Gasteiger partial charge in [0.05, 0.1) is 32.5 Å². The molecule has 0 amide bonds. The van der Waals surface area contributed by atoms with Gasteiger partial charge in [-0.2, -0.15) is 0 Å². The van der Waals surface area contributed by atoms with Crippen LogP contribution in [0.2, 0.25) is 0 Å². The van der Waals surface area contributed by atoms with Crippen LogP contribution in [0.15, 0.2) is 24.3 Å². The van der Waals surface area contributed by atoms with Crippen LogP contribution in [-0.2, 0) is 0 Å². The summed E-state index contributed by atoms with van der Waals surface area (Å²) in [6, 6.07) is 5.74. The highest BCUT2D eigenvalue weighted by Crippen LogP contribution is 2.40. The van der Waals surface area contributed by atoms with E-state index in [4.69, 9.17) is 14.2 Å². The quantitative estimate of drug-likeness (QED) is 0.798. The minimum Gasteiger partial charge on any atom is -0.507 e. The van der Waals surface area contributed by atoms with E-state index < -0.39 is 11.6 Å². The fraction of sp³-hybridized carbons (Fsp3) is 0.176. The zero-order valence-corrected chi connectivity index (χ0v) is 12.8. The van der Waals surface area contributed by atoms with Gasteiger partial charge in [-0.15, -0.1) is 0 Å². The number of fused-ring (bicyclic) bond motifs is 2. The maximum absolute atomic E-state index is 12.8. The van der Waals surface area contributed by atoms with Crippen LogP contribution in [0.25, 0.3) is 0 Å². The molecule has 2 aromatic rings. The standard InChI is InChI=1S/C17H14O6/c1-21-8-4-10-14(12(18)6-8)17(20)15-11(16(10)19)5-9(22-2)7-13(15)23-3/h4-7,18H,1-3H3. The lowest BCUT2D eigenvalue weighted by Crippen LogP contribution is -2.22. The first-order valence-electron chi connectivity index (χ1n) is 6.78. The minimum absolute atomic E-state index is 0.0493. The summed E-state index contributed by atoms with van der Waals surface area (Å²) in [6.07, 6.45) is 0. The molecular formula is C17H14O6. The van der Waals surface area contributed by atoms with Crippen LogP contribution < -0.4 is 14.2 Å². The SMILES string of the molecule is COc1cc(O)c2c(c1)C(=O)c1cc(OC)cc(OC)c1C2=O. The number of carbonyl (C=O) groups excluding carboxylic acids is 2. The van der Waals surface area contributed by atoms with E-state index in [0.29, 0.717) is 11.5 Å². The number of aromatic hydroxyl groups is 1. The molecule has 118 valence electrons. The second-order valence-electron chi connectivity index (χ2n) is 4.98. The largest absolute Gasteiger partial charge is 0.507 e. The number of methoxy groups -OCH3 is 3. The molecule has 0 aromatic heterocycles. The Balaban J connectivity index is 2.33. The number of ketones is 2. The lowest BCUT2D eigenvalue weighted by Gasteiger charge is -2.21. The molecule has 0 saturated heterocycles. The number of hydrogen-bond acceptors (Lipinski definition) is 6. The van der Waals surface area contributed by atoms with Gasteiger partial charge in [0.15, 0.2) is 5.78 Å². The molecule has 0 heterocycles. The zero-order chi connectivity index (χ0) is 16.7. The smallest absolute Gasteiger partial charge is 0.201 e. The highest BCUT2D eigenvalue weighted by atomic mass is 16.5. The van der Waals surface area contributed by atoms with Gasteiger partial charge in [0.1, 0.15) is 23.0 Å². The van der Waals surface area contributed by atoms with Crippen molar-refractivity contribution in [1.82, 2.24) is 0 Å². The van der Waals surface area contributed by atoms with Crippen LogP contribution >= 0.6 is 0 Å². The molecule has 23 heavy (non-hydrogen) atoms. The fourth-order valence-electron chi connectivity index (χ4n) is 2.69. The molecule has 0 unspecified atom stereocenters. The number of phenolic OH excluding ortho intramolecular Hbond substituents is 1. The molecule has 0 spiro atoms. The maximum Gasteiger partial charge on any atom is 0.201 e. The number of rotatable bonds is 3. The van der Waals surface area contributed by atoms with Crippen molar-refractivity contribution in [3.8, 4) is 23.0 Å². The highest BCUT2D eigenvalue weighted by molar-refractivity contribution is 6.30. The zero-order valence-electron chi connectivity index (χ0n) is 12.8. The Morgan fingerprint density at radius 1 is 0.739 bits per heavy atom. The first kappa shape index (κ1) is 14.9. The van der Waals surface area contributed by atoms with E-state index in [1.165, 1.54) is 45.6 Å². The van der Waals surface area contributed by atoms with E-state index in [2.05, 4.69) is 0 Å². The van der Waals surface area contributed by atoms with Gasteiger partial charge in [0.2, 0.25) is 5.78 Å². The van der Waals surface area contributed by atoms with E-state index in [1.807, 2.05) is 0 Å². The van der Waals surface area contributed by atoms with Gasteiger partial charge in [-0.25, -0.2) is 0 Å². The molecule has 0 atom stereocenters. The second-order valence-corrected chi connectivity index (χ2v) is 4.98. The summed E-state index contributed by atoms with van der Waals surface area (Å²) < 4.78 is 15.4. The molecule has 0 radical (unpaired) electrons. The summed E-state index contributed by atoms with van der Waals surface area (Å²) in [5.41, 5.74) is 0.332. The molecule has 3 rings (SSSR count). The van der Waals surface area contributed by atoms with Crippen LogP contribution in [0, 0.1) is 0 Å². The average Bonchev–Trinajstić information content (AvgIpc) is 2.57. The number of phenols is 1. The van der Waals surface area contributed by atoms with Crippen molar-refractivity contribution >= 4 is 11.6 Å². The average molecular weight is 314 g/mol. The molecule has 1 aliphatic carbocycles. The van der Waals surface area contributed by atoms with Gasteiger partial charge in [-0.05, 0) is 12.1 Å². The molecule has 2 aromatic carbocycles. The van der Waals surface area contributed by atoms with E-state index >= 15 is 0 Å². The van der Waals surface area contributed by atoms with Crippen LogP contribution in [0.5, 0.6) is 23.0 Å². The highest BCUT2D eigenvalue weighted by Gasteiger charge is 2.35. The molecule has 0 bridgehead atoms. The summed E-state index contributed by atoms with van der Waals surface area (Å²) >= 11 is 0. The number of hydrogen-bond donors (Lipinski definition) is 1. The van der Waals surface area contributed by atoms with Crippen molar-refractivity contribution in [3.05, 3.63) is 46.5 Å². The van der Waals surface area contributed by atoms with E-state index in [9.17, 15) is 14.7 Å². The number of ether oxygens (including phenoxy) is 3. The van der Waals surface area contributed by atoms with Crippen molar-refractivity contribution in [2.45, 2.75) is 0 Å². The summed E-state index contributed by atoms with van der Waals surface area (Å²) in [5.74, 6) is -0.270. The van der Waals surface area contributed by atoms with Gasteiger partial charge in [-0.3, -0.25) is 9.59 Å².